The number of nitrogens with zero attached hydrogens (tertiary/aromatic N) is 3. The van der Waals surface area contributed by atoms with Gasteiger partial charge in [0.1, 0.15) is 32.3 Å². The molecule has 0 atom stereocenters. The predicted octanol–water partition coefficient (Wildman–Crippen LogP) is 7.28. The average Bonchev–Trinajstić information content (AvgIpc) is 3.53. The lowest BCUT2D eigenvalue weighted by atomic mass is 10.1. The molecule has 6 aromatic carbocycles. The summed E-state index contributed by atoms with van der Waals surface area (Å²) in [4.78, 5) is 1.22. The minimum Gasteiger partial charge on any atom is -0.379 e. The molecule has 1 aromatic heterocycles. The number of aromatic nitrogens is 3. The highest BCUT2D eigenvalue weighted by atomic mass is 32.2. The SMILES string of the molecule is O=S(=O)(Oc1ccccc1)c1cc(-n2nc3ccc4c(S(=O)(=O)Oc5ccccc5)cccc4c3n2)ccc1C=Cc1ccccc1. The van der Waals surface area contributed by atoms with Crippen LogP contribution in [0.1, 0.15) is 11.1 Å². The van der Waals surface area contributed by atoms with Gasteiger partial charge in [-0.1, -0.05) is 103 Å². The summed E-state index contributed by atoms with van der Waals surface area (Å²) in [6, 6.07) is 39.0. The van der Waals surface area contributed by atoms with E-state index in [1.54, 1.807) is 103 Å². The van der Waals surface area contributed by atoms with E-state index in [0.29, 0.717) is 33.1 Å². The number of benzene rings is 6. The molecule has 1 heterocycles. The largest absolute Gasteiger partial charge is 0.379 e. The van der Waals surface area contributed by atoms with Crippen LogP contribution in [0.15, 0.2) is 149 Å². The lowest BCUT2D eigenvalue weighted by molar-refractivity contribution is 0.484. The third-order valence-electron chi connectivity index (χ3n) is 7.29. The smallest absolute Gasteiger partial charge is 0.339 e. The van der Waals surface area contributed by atoms with Crippen molar-refractivity contribution in [3.8, 4) is 17.2 Å². The summed E-state index contributed by atoms with van der Waals surface area (Å²) in [6.45, 7) is 0. The van der Waals surface area contributed by atoms with Crippen LogP contribution >= 0.6 is 0 Å². The number of hydrogen-bond donors (Lipinski definition) is 0. The fraction of sp³-hybridized carbons (Fsp3) is 0. The highest BCUT2D eigenvalue weighted by Gasteiger charge is 2.24. The first-order valence-corrected chi connectivity index (χ1v) is 17.2. The maximum atomic E-state index is 13.7. The van der Waals surface area contributed by atoms with Gasteiger partial charge in [-0.2, -0.15) is 21.6 Å². The molecule has 0 aliphatic carbocycles. The van der Waals surface area contributed by atoms with Gasteiger partial charge in [0.2, 0.25) is 0 Å². The Hall–Kier alpha value is -5.78. The second-order valence-corrected chi connectivity index (χ2v) is 13.5. The molecule has 0 aliphatic heterocycles. The molecular weight excluding hydrogens is 635 g/mol. The first kappa shape index (κ1) is 29.9. The van der Waals surface area contributed by atoms with Crippen LogP contribution in [0.3, 0.4) is 0 Å². The third-order valence-corrected chi connectivity index (χ3v) is 9.90. The van der Waals surface area contributed by atoms with Crippen molar-refractivity contribution in [3.05, 3.63) is 151 Å². The van der Waals surface area contributed by atoms with Crippen LogP contribution in [0, 0.1) is 0 Å². The highest BCUT2D eigenvalue weighted by molar-refractivity contribution is 7.87. The maximum absolute atomic E-state index is 13.7. The molecule has 7 aromatic rings. The second-order valence-electron chi connectivity index (χ2n) is 10.4. The van der Waals surface area contributed by atoms with Crippen molar-refractivity contribution in [2.45, 2.75) is 9.79 Å². The van der Waals surface area contributed by atoms with Gasteiger partial charge in [0, 0.05) is 10.8 Å². The van der Waals surface area contributed by atoms with Gasteiger partial charge in [0.15, 0.2) is 0 Å². The first-order valence-electron chi connectivity index (χ1n) is 14.4. The van der Waals surface area contributed by atoms with E-state index in [-0.39, 0.29) is 21.3 Å². The molecule has 0 bridgehead atoms. The molecule has 0 fully saturated rings. The highest BCUT2D eigenvalue weighted by Crippen LogP contribution is 2.31. The summed E-state index contributed by atoms with van der Waals surface area (Å²) in [6.07, 6.45) is 3.52. The van der Waals surface area contributed by atoms with Crippen molar-refractivity contribution in [2.75, 3.05) is 0 Å². The zero-order valence-corrected chi connectivity index (χ0v) is 26.2. The first-order chi connectivity index (χ1) is 22.8. The fourth-order valence-electron chi connectivity index (χ4n) is 5.09. The third kappa shape index (κ3) is 6.22. The Labute approximate surface area is 271 Å². The van der Waals surface area contributed by atoms with Crippen molar-refractivity contribution in [1.82, 2.24) is 15.0 Å². The summed E-state index contributed by atoms with van der Waals surface area (Å²) in [5.74, 6) is 0.368. The van der Waals surface area contributed by atoms with Crippen molar-refractivity contribution in [2.24, 2.45) is 0 Å². The number of hydrogen-bond acceptors (Lipinski definition) is 8. The van der Waals surface area contributed by atoms with Gasteiger partial charge in [-0.25, -0.2) is 0 Å². The van der Waals surface area contributed by atoms with E-state index in [0.717, 1.165) is 5.56 Å². The molecule has 0 spiro atoms. The Kier molecular flexibility index (Phi) is 7.76. The Morgan fingerprint density at radius 1 is 0.532 bits per heavy atom. The van der Waals surface area contributed by atoms with E-state index >= 15 is 0 Å². The summed E-state index contributed by atoms with van der Waals surface area (Å²) in [5, 5.41) is 10.2. The van der Waals surface area contributed by atoms with Crippen molar-refractivity contribution < 1.29 is 25.2 Å². The van der Waals surface area contributed by atoms with E-state index in [4.69, 9.17) is 8.37 Å². The molecule has 0 N–H and O–H groups in total. The Morgan fingerprint density at radius 2 is 1.15 bits per heavy atom. The van der Waals surface area contributed by atoms with Gasteiger partial charge < -0.3 is 8.37 Å². The zero-order valence-electron chi connectivity index (χ0n) is 24.5. The lowest BCUT2D eigenvalue weighted by Gasteiger charge is -2.11. The number of rotatable bonds is 9. The lowest BCUT2D eigenvalue weighted by Crippen LogP contribution is -2.12. The number of para-hydroxylation sites is 2. The minimum absolute atomic E-state index is 0.0173. The molecule has 0 amide bonds. The maximum Gasteiger partial charge on any atom is 0.339 e. The van der Waals surface area contributed by atoms with E-state index in [2.05, 4.69) is 10.2 Å². The summed E-state index contributed by atoms with van der Waals surface area (Å²) in [5.41, 5.74) is 2.57. The topological polar surface area (TPSA) is 117 Å². The Bertz CT molecular complexity index is 2480. The molecule has 11 heteroatoms. The molecule has 0 radical (unpaired) electrons. The van der Waals surface area contributed by atoms with Crippen LogP contribution < -0.4 is 8.37 Å². The predicted molar refractivity (Wildman–Crippen MR) is 180 cm³/mol. The molecule has 7 rings (SSSR count). The van der Waals surface area contributed by atoms with Crippen LogP contribution in [-0.2, 0) is 20.2 Å². The normalized spacial score (nSPS) is 12.1. The standard InChI is InChI=1S/C36H25N3O6S2/c40-46(41,44-29-13-6-2-7-14-29)34-18-10-17-32-31(34)23-24-33-36(32)38-39(37-33)28-22-21-27(20-19-26-11-4-1-5-12-26)35(25-28)47(42,43)45-30-15-8-3-9-16-30/h1-25H. The molecule has 0 saturated carbocycles. The fourth-order valence-corrected chi connectivity index (χ4v) is 7.38. The van der Waals surface area contributed by atoms with E-state index in [9.17, 15) is 16.8 Å². The van der Waals surface area contributed by atoms with Gasteiger partial charge in [-0.15, -0.1) is 10.2 Å². The summed E-state index contributed by atoms with van der Waals surface area (Å²) < 4.78 is 64.7. The van der Waals surface area contributed by atoms with Crippen LogP contribution in [0.5, 0.6) is 11.5 Å². The van der Waals surface area contributed by atoms with Crippen LogP contribution in [0.25, 0.3) is 39.6 Å². The summed E-state index contributed by atoms with van der Waals surface area (Å²) in [7, 11) is -8.47. The quantitative estimate of drug-likeness (QED) is 0.117. The van der Waals surface area contributed by atoms with Crippen molar-refractivity contribution >= 4 is 54.2 Å². The number of fused-ring (bicyclic) bond motifs is 3. The van der Waals surface area contributed by atoms with E-state index < -0.39 is 20.2 Å². The zero-order chi connectivity index (χ0) is 32.4. The van der Waals surface area contributed by atoms with Gasteiger partial charge in [0.05, 0.1) is 5.69 Å². The van der Waals surface area contributed by atoms with Crippen LogP contribution in [0.4, 0.5) is 0 Å². The minimum atomic E-state index is -4.29. The molecule has 9 nitrogen and oxygen atoms in total. The molecule has 47 heavy (non-hydrogen) atoms. The van der Waals surface area contributed by atoms with Gasteiger partial charge in [-0.05, 0) is 59.7 Å². The Balaban J connectivity index is 1.31. The molecule has 0 unspecified atom stereocenters. The molecule has 232 valence electrons. The van der Waals surface area contributed by atoms with Crippen molar-refractivity contribution in [3.63, 3.8) is 0 Å². The van der Waals surface area contributed by atoms with Gasteiger partial charge in [-0.3, -0.25) is 0 Å². The monoisotopic (exact) mass is 659 g/mol. The van der Waals surface area contributed by atoms with E-state index in [1.807, 2.05) is 36.4 Å². The average molecular weight is 660 g/mol. The second kappa shape index (κ2) is 12.2. The van der Waals surface area contributed by atoms with E-state index in [1.165, 1.54) is 16.9 Å². The Morgan fingerprint density at radius 3 is 1.81 bits per heavy atom. The molecule has 0 aliphatic rings. The van der Waals surface area contributed by atoms with Gasteiger partial charge in [0.25, 0.3) is 0 Å². The summed E-state index contributed by atoms with van der Waals surface area (Å²) >= 11 is 0. The van der Waals surface area contributed by atoms with Crippen molar-refractivity contribution in [1.29, 1.82) is 0 Å². The van der Waals surface area contributed by atoms with Gasteiger partial charge >= 0.3 is 20.2 Å². The van der Waals surface area contributed by atoms with Crippen LogP contribution in [-0.4, -0.2) is 31.8 Å². The molecule has 0 saturated heterocycles. The van der Waals surface area contributed by atoms with Crippen LogP contribution in [0.2, 0.25) is 0 Å². The molecular formula is C36H25N3O6S2.